The molecule has 0 amide bonds. The van der Waals surface area contributed by atoms with Crippen molar-refractivity contribution in [2.24, 2.45) is 5.92 Å². The van der Waals surface area contributed by atoms with E-state index >= 15 is 0 Å². The molecule has 108 valence electrons. The van der Waals surface area contributed by atoms with Crippen molar-refractivity contribution >= 4 is 11.6 Å². The number of imidazole rings is 1. The van der Waals surface area contributed by atoms with Crippen molar-refractivity contribution in [3.63, 3.8) is 0 Å². The van der Waals surface area contributed by atoms with E-state index in [4.69, 9.17) is 0 Å². The van der Waals surface area contributed by atoms with Gasteiger partial charge in [-0.1, -0.05) is 19.9 Å². The third kappa shape index (κ3) is 2.98. The molecule has 1 N–H and O–H groups in total. The summed E-state index contributed by atoms with van der Waals surface area (Å²) in [5, 5.41) is 2.78. The lowest BCUT2D eigenvalue weighted by molar-refractivity contribution is 0.526. The first-order valence-corrected chi connectivity index (χ1v) is 6.64. The van der Waals surface area contributed by atoms with Gasteiger partial charge in [0.05, 0.1) is 5.69 Å². The van der Waals surface area contributed by atoms with Gasteiger partial charge in [0.15, 0.2) is 5.82 Å². The molecule has 1 heterocycles. The Morgan fingerprint density at radius 3 is 2.60 bits per heavy atom. The molecule has 3 nitrogen and oxygen atoms in total. The highest BCUT2D eigenvalue weighted by Crippen LogP contribution is 2.25. The third-order valence-electron chi connectivity index (χ3n) is 2.98. The Hall–Kier alpha value is -1.91. The zero-order valence-corrected chi connectivity index (χ0v) is 12.2. The molecule has 0 fully saturated rings. The van der Waals surface area contributed by atoms with Crippen molar-refractivity contribution in [3.8, 4) is 0 Å². The molecule has 0 aliphatic carbocycles. The number of hydrogen-bond donors (Lipinski definition) is 1. The van der Waals surface area contributed by atoms with Crippen LogP contribution in [0.3, 0.4) is 0 Å². The lowest BCUT2D eigenvalue weighted by Crippen LogP contribution is -2.09. The largest absolute Gasteiger partial charge is 0.321 e. The van der Waals surface area contributed by atoms with Gasteiger partial charge in [-0.05, 0) is 31.4 Å². The number of aromatic nitrogens is 2. The van der Waals surface area contributed by atoms with E-state index in [2.05, 4.69) is 24.1 Å². The van der Waals surface area contributed by atoms with Gasteiger partial charge in [-0.15, -0.1) is 0 Å². The zero-order chi connectivity index (χ0) is 14.9. The number of benzene rings is 1. The molecule has 1 aromatic heterocycles. The minimum absolute atomic E-state index is 0.152. The summed E-state index contributed by atoms with van der Waals surface area (Å²) in [5.41, 5.74) is 1.05. The van der Waals surface area contributed by atoms with Crippen LogP contribution in [0.1, 0.15) is 25.1 Å². The molecule has 0 aliphatic rings. The second kappa shape index (κ2) is 5.61. The molecule has 2 aromatic rings. The van der Waals surface area contributed by atoms with Crippen LogP contribution < -0.4 is 5.32 Å². The van der Waals surface area contributed by atoms with Crippen molar-refractivity contribution in [1.29, 1.82) is 0 Å². The quantitative estimate of drug-likeness (QED) is 0.910. The van der Waals surface area contributed by atoms with Gasteiger partial charge in [-0.2, -0.15) is 0 Å². The molecule has 5 heteroatoms. The molecule has 0 spiro atoms. The molecule has 2 rings (SSSR count). The van der Waals surface area contributed by atoms with Gasteiger partial charge in [-0.3, -0.25) is 0 Å². The maximum atomic E-state index is 14.0. The lowest BCUT2D eigenvalue weighted by Gasteiger charge is -2.13. The van der Waals surface area contributed by atoms with Crippen LogP contribution >= 0.6 is 0 Å². The van der Waals surface area contributed by atoms with Crippen molar-refractivity contribution in [2.75, 3.05) is 5.32 Å². The summed E-state index contributed by atoms with van der Waals surface area (Å²) < 4.78 is 29.7. The summed E-state index contributed by atoms with van der Waals surface area (Å²) in [6, 6.07) is 2.67. The van der Waals surface area contributed by atoms with Gasteiger partial charge in [-0.25, -0.2) is 13.8 Å². The van der Waals surface area contributed by atoms with Crippen LogP contribution in [0, 0.1) is 31.4 Å². The van der Waals surface area contributed by atoms with E-state index in [1.54, 1.807) is 6.92 Å². The zero-order valence-electron chi connectivity index (χ0n) is 12.2. The van der Waals surface area contributed by atoms with Gasteiger partial charge < -0.3 is 9.88 Å². The Morgan fingerprint density at radius 2 is 1.95 bits per heavy atom. The van der Waals surface area contributed by atoms with E-state index in [0.29, 0.717) is 17.4 Å². The normalized spacial score (nSPS) is 11.2. The van der Waals surface area contributed by atoms with Gasteiger partial charge in [0, 0.05) is 12.7 Å². The van der Waals surface area contributed by atoms with E-state index in [1.807, 2.05) is 17.7 Å². The summed E-state index contributed by atoms with van der Waals surface area (Å²) in [6.07, 6.45) is 1.87. The standard InChI is InChI=1S/C15H19F2N3/c1-9(2)7-20-8-11(4)18-15(20)19-14-12(16)6-5-10(3)13(14)17/h5-6,8-9H,7H2,1-4H3,(H,18,19). The number of nitrogens with zero attached hydrogens (tertiary/aromatic N) is 2. The molecule has 0 radical (unpaired) electrons. The smallest absolute Gasteiger partial charge is 0.207 e. The second-order valence-corrected chi connectivity index (χ2v) is 5.43. The average Bonchev–Trinajstić information content (AvgIpc) is 2.69. The molecular weight excluding hydrogens is 260 g/mol. The Morgan fingerprint density at radius 1 is 1.25 bits per heavy atom. The minimum Gasteiger partial charge on any atom is -0.321 e. The summed E-state index contributed by atoms with van der Waals surface area (Å²) in [7, 11) is 0. The molecule has 0 aliphatic heterocycles. The average molecular weight is 279 g/mol. The van der Waals surface area contributed by atoms with Crippen molar-refractivity contribution < 1.29 is 8.78 Å². The molecule has 1 aromatic carbocycles. The third-order valence-corrected chi connectivity index (χ3v) is 2.98. The number of hydrogen-bond acceptors (Lipinski definition) is 2. The maximum Gasteiger partial charge on any atom is 0.207 e. The minimum atomic E-state index is -0.621. The van der Waals surface area contributed by atoms with Crippen LogP contribution in [0.5, 0.6) is 0 Å². The number of halogens is 2. The highest BCUT2D eigenvalue weighted by atomic mass is 19.1. The lowest BCUT2D eigenvalue weighted by atomic mass is 10.2. The number of nitrogens with one attached hydrogen (secondary N) is 1. The van der Waals surface area contributed by atoms with E-state index in [-0.39, 0.29) is 5.69 Å². The maximum absolute atomic E-state index is 14.0. The number of aryl methyl sites for hydroxylation is 2. The Balaban J connectivity index is 2.37. The molecule has 0 unspecified atom stereocenters. The van der Waals surface area contributed by atoms with Crippen LogP contribution in [0.4, 0.5) is 20.4 Å². The van der Waals surface area contributed by atoms with Gasteiger partial charge in [0.1, 0.15) is 11.5 Å². The topological polar surface area (TPSA) is 29.9 Å². The monoisotopic (exact) mass is 279 g/mol. The van der Waals surface area contributed by atoms with Crippen LogP contribution in [-0.2, 0) is 6.54 Å². The Labute approximate surface area is 117 Å². The molecular formula is C15H19F2N3. The fourth-order valence-corrected chi connectivity index (χ4v) is 2.06. The van der Waals surface area contributed by atoms with Gasteiger partial charge in [0.25, 0.3) is 0 Å². The molecule has 0 saturated heterocycles. The highest BCUT2D eigenvalue weighted by Gasteiger charge is 2.15. The molecule has 0 saturated carbocycles. The van der Waals surface area contributed by atoms with Crippen LogP contribution in [0.25, 0.3) is 0 Å². The first-order valence-electron chi connectivity index (χ1n) is 6.64. The summed E-state index contributed by atoms with van der Waals surface area (Å²) in [4.78, 5) is 4.29. The SMILES string of the molecule is Cc1cn(CC(C)C)c(Nc2c(F)ccc(C)c2F)n1. The summed E-state index contributed by atoms with van der Waals surface area (Å²) in [5.74, 6) is -0.331. The first-order chi connectivity index (χ1) is 9.38. The molecule has 0 atom stereocenters. The van der Waals surface area contributed by atoms with E-state index in [0.717, 1.165) is 12.2 Å². The predicted molar refractivity (Wildman–Crippen MR) is 76.2 cm³/mol. The predicted octanol–water partition coefficient (Wildman–Crippen LogP) is 4.18. The fraction of sp³-hybridized carbons (Fsp3) is 0.400. The Kier molecular flexibility index (Phi) is 4.06. The van der Waals surface area contributed by atoms with Crippen LogP contribution in [-0.4, -0.2) is 9.55 Å². The molecule has 20 heavy (non-hydrogen) atoms. The van der Waals surface area contributed by atoms with E-state index < -0.39 is 11.6 Å². The highest BCUT2D eigenvalue weighted by molar-refractivity contribution is 5.57. The van der Waals surface area contributed by atoms with E-state index in [9.17, 15) is 8.78 Å². The van der Waals surface area contributed by atoms with Crippen molar-refractivity contribution in [1.82, 2.24) is 9.55 Å². The molecule has 0 bridgehead atoms. The number of anilines is 2. The van der Waals surface area contributed by atoms with Gasteiger partial charge in [0.2, 0.25) is 5.95 Å². The second-order valence-electron chi connectivity index (χ2n) is 5.43. The first kappa shape index (κ1) is 14.5. The van der Waals surface area contributed by atoms with Crippen LogP contribution in [0.2, 0.25) is 0 Å². The Bertz CT molecular complexity index is 618. The van der Waals surface area contributed by atoms with Crippen molar-refractivity contribution in [2.45, 2.75) is 34.2 Å². The fourth-order valence-electron chi connectivity index (χ4n) is 2.06. The summed E-state index contributed by atoms with van der Waals surface area (Å²) >= 11 is 0. The van der Waals surface area contributed by atoms with E-state index in [1.165, 1.54) is 12.1 Å². The van der Waals surface area contributed by atoms with Gasteiger partial charge >= 0.3 is 0 Å². The number of rotatable bonds is 4. The van der Waals surface area contributed by atoms with Crippen LogP contribution in [0.15, 0.2) is 18.3 Å². The van der Waals surface area contributed by atoms with Crippen molar-refractivity contribution in [3.05, 3.63) is 41.2 Å². The summed E-state index contributed by atoms with van der Waals surface area (Å²) in [6.45, 7) is 8.34.